The van der Waals surface area contributed by atoms with Gasteiger partial charge in [-0.3, -0.25) is 0 Å². The zero-order valence-corrected chi connectivity index (χ0v) is 9.51. The van der Waals surface area contributed by atoms with Crippen molar-refractivity contribution in [2.45, 2.75) is 6.61 Å². The Kier molecular flexibility index (Phi) is 2.23. The van der Waals surface area contributed by atoms with Gasteiger partial charge in [0.2, 0.25) is 4.96 Å². The predicted octanol–water partition coefficient (Wildman–Crippen LogP) is -0.0356. The number of methoxy groups -OCH3 is 1. The lowest BCUT2D eigenvalue weighted by molar-refractivity contribution is 0.176. The van der Waals surface area contributed by atoms with Crippen molar-refractivity contribution in [3.63, 3.8) is 0 Å². The average Bonchev–Trinajstić information content (AvgIpc) is 2.95. The first-order valence-electron chi connectivity index (χ1n) is 4.58. The minimum absolute atomic E-state index is 0.197. The molecule has 0 amide bonds. The molecule has 9 nitrogen and oxygen atoms in total. The van der Waals surface area contributed by atoms with Crippen LogP contribution in [0.2, 0.25) is 0 Å². The molecule has 88 valence electrons. The number of nitrogen functional groups attached to an aromatic ring is 1. The van der Waals surface area contributed by atoms with Gasteiger partial charge >= 0.3 is 0 Å². The lowest BCUT2D eigenvalue weighted by Gasteiger charge is -1.92. The van der Waals surface area contributed by atoms with Gasteiger partial charge in [-0.05, 0) is 10.3 Å². The number of anilines is 1. The van der Waals surface area contributed by atoms with Crippen LogP contribution in [0.15, 0.2) is 4.63 Å². The molecule has 0 radical (unpaired) electrons. The molecule has 0 saturated heterocycles. The van der Waals surface area contributed by atoms with Gasteiger partial charge < -0.3 is 10.5 Å². The van der Waals surface area contributed by atoms with E-state index in [0.29, 0.717) is 28.1 Å². The van der Waals surface area contributed by atoms with E-state index in [4.69, 9.17) is 10.5 Å². The first kappa shape index (κ1) is 10.1. The van der Waals surface area contributed by atoms with E-state index in [0.717, 1.165) is 0 Å². The van der Waals surface area contributed by atoms with E-state index in [-0.39, 0.29) is 5.82 Å². The highest BCUT2D eigenvalue weighted by Gasteiger charge is 2.17. The van der Waals surface area contributed by atoms with Gasteiger partial charge in [0.05, 0.1) is 0 Å². The SMILES string of the molecule is COCc1nnc2sc(-c3nonc3N)nn12. The fourth-order valence-corrected chi connectivity index (χ4v) is 2.16. The quantitative estimate of drug-likeness (QED) is 0.691. The Morgan fingerprint density at radius 3 is 3.00 bits per heavy atom. The molecule has 0 aliphatic rings. The molecule has 0 aliphatic heterocycles. The Labute approximate surface area is 98.2 Å². The van der Waals surface area contributed by atoms with Crippen LogP contribution in [0.1, 0.15) is 5.82 Å². The largest absolute Gasteiger partial charge is 0.379 e. The van der Waals surface area contributed by atoms with Crippen LogP contribution < -0.4 is 5.73 Å². The van der Waals surface area contributed by atoms with Crippen molar-refractivity contribution in [2.24, 2.45) is 0 Å². The first-order chi connectivity index (χ1) is 8.29. The van der Waals surface area contributed by atoms with E-state index in [1.807, 2.05) is 0 Å². The Balaban J connectivity index is 2.11. The van der Waals surface area contributed by atoms with Crippen molar-refractivity contribution in [1.29, 1.82) is 0 Å². The van der Waals surface area contributed by atoms with E-state index >= 15 is 0 Å². The number of fused-ring (bicyclic) bond motifs is 1. The summed E-state index contributed by atoms with van der Waals surface area (Å²) in [5.74, 6) is 0.809. The van der Waals surface area contributed by atoms with Gasteiger partial charge in [0.25, 0.3) is 0 Å². The summed E-state index contributed by atoms with van der Waals surface area (Å²) in [5, 5.41) is 19.9. The van der Waals surface area contributed by atoms with Crippen LogP contribution in [0.5, 0.6) is 0 Å². The first-order valence-corrected chi connectivity index (χ1v) is 5.39. The molecular weight excluding hydrogens is 246 g/mol. The highest BCUT2D eigenvalue weighted by atomic mass is 32.1. The van der Waals surface area contributed by atoms with E-state index in [9.17, 15) is 0 Å². The van der Waals surface area contributed by atoms with Crippen LogP contribution >= 0.6 is 11.3 Å². The van der Waals surface area contributed by atoms with Crippen molar-refractivity contribution in [1.82, 2.24) is 30.1 Å². The zero-order chi connectivity index (χ0) is 11.8. The van der Waals surface area contributed by atoms with Gasteiger partial charge in [0.15, 0.2) is 22.3 Å². The Bertz CT molecular complexity index is 656. The van der Waals surface area contributed by atoms with E-state index in [1.165, 1.54) is 11.3 Å². The normalized spacial score (nSPS) is 11.4. The third-order valence-electron chi connectivity index (χ3n) is 2.05. The number of ether oxygens (including phenoxy) is 1. The van der Waals surface area contributed by atoms with Crippen LogP contribution in [0.25, 0.3) is 15.7 Å². The summed E-state index contributed by atoms with van der Waals surface area (Å²) in [4.78, 5) is 0.634. The maximum Gasteiger partial charge on any atom is 0.235 e. The highest BCUT2D eigenvalue weighted by Crippen LogP contribution is 2.26. The molecule has 0 aromatic carbocycles. The summed E-state index contributed by atoms with van der Waals surface area (Å²) < 4.78 is 11.1. The van der Waals surface area contributed by atoms with Gasteiger partial charge in [-0.15, -0.1) is 10.2 Å². The van der Waals surface area contributed by atoms with Gasteiger partial charge in [0.1, 0.15) is 6.61 Å². The summed E-state index contributed by atoms with van der Waals surface area (Å²) in [6.07, 6.45) is 0. The summed E-state index contributed by atoms with van der Waals surface area (Å²) in [6.45, 7) is 0.330. The van der Waals surface area contributed by atoms with Gasteiger partial charge in [-0.25, -0.2) is 4.63 Å². The van der Waals surface area contributed by atoms with Crippen LogP contribution in [0.3, 0.4) is 0 Å². The lowest BCUT2D eigenvalue weighted by atomic mass is 10.5. The Morgan fingerprint density at radius 1 is 1.41 bits per heavy atom. The standard InChI is InChI=1S/C7H7N7O2S/c1-15-2-3-9-10-7-14(3)11-6(17-7)4-5(8)13-16-12-4/h2H2,1H3,(H2,8,13). The minimum Gasteiger partial charge on any atom is -0.379 e. The molecule has 0 unspecified atom stereocenters. The number of rotatable bonds is 3. The number of nitrogens with zero attached hydrogens (tertiary/aromatic N) is 6. The molecule has 3 heterocycles. The second kappa shape index (κ2) is 3.75. The lowest BCUT2D eigenvalue weighted by Crippen LogP contribution is -1.97. The summed E-state index contributed by atoms with van der Waals surface area (Å²) in [5.41, 5.74) is 6.00. The van der Waals surface area contributed by atoms with Crippen molar-refractivity contribution >= 4 is 22.1 Å². The minimum atomic E-state index is 0.197. The molecule has 0 aliphatic carbocycles. The van der Waals surface area contributed by atoms with Crippen LogP contribution in [0, 0.1) is 0 Å². The molecule has 0 spiro atoms. The topological polar surface area (TPSA) is 117 Å². The maximum atomic E-state index is 5.59. The number of nitrogens with two attached hydrogens (primary N) is 1. The van der Waals surface area contributed by atoms with Gasteiger partial charge in [0, 0.05) is 7.11 Å². The number of hydrogen-bond donors (Lipinski definition) is 1. The van der Waals surface area contributed by atoms with Crippen molar-refractivity contribution < 1.29 is 9.37 Å². The molecular formula is C7H7N7O2S. The van der Waals surface area contributed by atoms with Crippen LogP contribution in [-0.4, -0.2) is 37.2 Å². The monoisotopic (exact) mass is 253 g/mol. The molecule has 3 aromatic rings. The van der Waals surface area contributed by atoms with E-state index in [1.54, 1.807) is 11.6 Å². The van der Waals surface area contributed by atoms with Crippen molar-refractivity contribution in [2.75, 3.05) is 12.8 Å². The van der Waals surface area contributed by atoms with Crippen molar-refractivity contribution in [3.05, 3.63) is 5.82 Å². The third-order valence-corrected chi connectivity index (χ3v) is 2.95. The maximum absolute atomic E-state index is 5.59. The van der Waals surface area contributed by atoms with E-state index in [2.05, 4.69) is 30.2 Å². The Morgan fingerprint density at radius 2 is 2.29 bits per heavy atom. The van der Waals surface area contributed by atoms with Crippen molar-refractivity contribution in [3.8, 4) is 10.7 Å². The molecule has 17 heavy (non-hydrogen) atoms. The fraction of sp³-hybridized carbons (Fsp3) is 0.286. The molecule has 0 fully saturated rings. The average molecular weight is 253 g/mol. The molecule has 10 heteroatoms. The molecule has 3 rings (SSSR count). The van der Waals surface area contributed by atoms with Gasteiger partial charge in [-0.2, -0.15) is 9.61 Å². The second-order valence-corrected chi connectivity index (χ2v) is 4.10. The smallest absolute Gasteiger partial charge is 0.235 e. The van der Waals surface area contributed by atoms with Gasteiger partial charge in [-0.1, -0.05) is 11.3 Å². The number of hydrogen-bond acceptors (Lipinski definition) is 9. The third kappa shape index (κ3) is 1.54. The summed E-state index contributed by atoms with van der Waals surface area (Å²) >= 11 is 1.30. The highest BCUT2D eigenvalue weighted by molar-refractivity contribution is 7.19. The predicted molar refractivity (Wildman–Crippen MR) is 57.1 cm³/mol. The zero-order valence-electron chi connectivity index (χ0n) is 8.69. The molecule has 3 aromatic heterocycles. The molecule has 0 atom stereocenters. The Hall–Kier alpha value is -2.07. The van der Waals surface area contributed by atoms with E-state index < -0.39 is 0 Å². The van der Waals surface area contributed by atoms with Crippen LogP contribution in [0.4, 0.5) is 5.82 Å². The summed E-state index contributed by atoms with van der Waals surface area (Å²) in [7, 11) is 1.58. The van der Waals surface area contributed by atoms with Crippen LogP contribution in [-0.2, 0) is 11.3 Å². The molecule has 2 N–H and O–H groups in total. The second-order valence-electron chi connectivity index (χ2n) is 3.15. The molecule has 0 saturated carbocycles. The summed E-state index contributed by atoms with van der Waals surface area (Å²) in [6, 6.07) is 0. The number of aromatic nitrogens is 6. The molecule has 0 bridgehead atoms. The fourth-order valence-electron chi connectivity index (χ4n) is 1.32.